The van der Waals surface area contributed by atoms with Gasteiger partial charge >= 0.3 is 0 Å². The van der Waals surface area contributed by atoms with Crippen LogP contribution in [0.5, 0.6) is 0 Å². The van der Waals surface area contributed by atoms with E-state index in [-0.39, 0.29) is 0 Å². The minimum absolute atomic E-state index is 0.406. The molecule has 0 atom stereocenters. The Morgan fingerprint density at radius 1 is 1.19 bits per heavy atom. The van der Waals surface area contributed by atoms with E-state index >= 15 is 0 Å². The Morgan fingerprint density at radius 3 is 2.81 bits per heavy atom. The highest BCUT2D eigenvalue weighted by molar-refractivity contribution is 6.16. The van der Waals surface area contributed by atoms with Gasteiger partial charge in [0.2, 0.25) is 0 Å². The van der Waals surface area contributed by atoms with Gasteiger partial charge in [0.15, 0.2) is 5.65 Å². The minimum atomic E-state index is 0.406. The Kier molecular flexibility index (Phi) is 3.93. The first kappa shape index (κ1) is 14.1. The van der Waals surface area contributed by atoms with Gasteiger partial charge < -0.3 is 4.57 Å². The predicted octanol–water partition coefficient (Wildman–Crippen LogP) is 4.03. The molecule has 2 aromatic heterocycles. The van der Waals surface area contributed by atoms with E-state index in [1.54, 1.807) is 0 Å². The molecule has 3 aromatic rings. The van der Waals surface area contributed by atoms with Crippen LogP contribution in [0.4, 0.5) is 0 Å². The topological polar surface area (TPSA) is 30.7 Å². The van der Waals surface area contributed by atoms with Crippen molar-refractivity contribution in [2.45, 2.75) is 32.7 Å². The van der Waals surface area contributed by atoms with Gasteiger partial charge in [-0.15, -0.1) is 11.6 Å². The van der Waals surface area contributed by atoms with Crippen molar-refractivity contribution < 1.29 is 0 Å². The fraction of sp³-hybridized carbons (Fsp3) is 0.294. The maximum absolute atomic E-state index is 6.05. The van der Waals surface area contributed by atoms with Crippen molar-refractivity contribution in [3.8, 4) is 0 Å². The maximum Gasteiger partial charge on any atom is 0.160 e. The summed E-state index contributed by atoms with van der Waals surface area (Å²) < 4.78 is 2.14. The molecule has 21 heavy (non-hydrogen) atoms. The number of alkyl halides is 1. The molecule has 3 nitrogen and oxygen atoms in total. The smallest absolute Gasteiger partial charge is 0.160 e. The van der Waals surface area contributed by atoms with Gasteiger partial charge in [0.05, 0.1) is 5.88 Å². The van der Waals surface area contributed by atoms with Crippen LogP contribution in [0, 0.1) is 13.8 Å². The molecular weight excluding hydrogens is 282 g/mol. The molecule has 0 fully saturated rings. The van der Waals surface area contributed by atoms with Crippen LogP contribution in [0.15, 0.2) is 36.5 Å². The molecule has 3 rings (SSSR count). The molecule has 0 radical (unpaired) electrons. The van der Waals surface area contributed by atoms with Crippen LogP contribution in [0.1, 0.15) is 22.5 Å². The number of aromatic nitrogens is 3. The van der Waals surface area contributed by atoms with Crippen LogP contribution >= 0.6 is 11.6 Å². The summed E-state index contributed by atoms with van der Waals surface area (Å²) in [5, 5.41) is 0. The van der Waals surface area contributed by atoms with Crippen LogP contribution in [-0.4, -0.2) is 14.5 Å². The van der Waals surface area contributed by atoms with Gasteiger partial charge in [0.25, 0.3) is 0 Å². The van der Waals surface area contributed by atoms with Crippen molar-refractivity contribution in [1.29, 1.82) is 0 Å². The van der Waals surface area contributed by atoms with E-state index in [1.165, 1.54) is 11.1 Å². The predicted molar refractivity (Wildman–Crippen MR) is 86.7 cm³/mol. The average Bonchev–Trinajstić information content (AvgIpc) is 2.84. The maximum atomic E-state index is 6.05. The number of nitrogens with zero attached hydrogens (tertiary/aromatic N) is 3. The number of hydrogen-bond donors (Lipinski definition) is 0. The molecule has 0 aliphatic heterocycles. The summed E-state index contributed by atoms with van der Waals surface area (Å²) in [5.41, 5.74) is 5.64. The largest absolute Gasteiger partial charge is 0.311 e. The Labute approximate surface area is 129 Å². The summed E-state index contributed by atoms with van der Waals surface area (Å²) in [6.07, 6.45) is 2.78. The molecule has 4 heteroatoms. The number of hydrogen-bond acceptors (Lipinski definition) is 2. The number of fused-ring (bicyclic) bond motifs is 1. The van der Waals surface area contributed by atoms with E-state index in [0.29, 0.717) is 5.88 Å². The number of benzene rings is 1. The van der Waals surface area contributed by atoms with Crippen LogP contribution in [0.2, 0.25) is 0 Å². The molecule has 0 bridgehead atoms. The van der Waals surface area contributed by atoms with Crippen molar-refractivity contribution in [2.24, 2.45) is 0 Å². The molecule has 108 valence electrons. The second-order valence-electron chi connectivity index (χ2n) is 5.35. The lowest BCUT2D eigenvalue weighted by Gasteiger charge is -2.08. The monoisotopic (exact) mass is 299 g/mol. The first-order valence-corrected chi connectivity index (χ1v) is 7.64. The molecule has 0 amide bonds. The molecular formula is C17H18ClN3. The molecule has 0 aliphatic rings. The van der Waals surface area contributed by atoms with Gasteiger partial charge in [-0.1, -0.05) is 29.8 Å². The van der Waals surface area contributed by atoms with E-state index in [1.807, 2.05) is 12.3 Å². The molecule has 1 aromatic carbocycles. The highest BCUT2D eigenvalue weighted by Gasteiger charge is 2.12. The van der Waals surface area contributed by atoms with Gasteiger partial charge in [-0.2, -0.15) is 0 Å². The third kappa shape index (κ3) is 2.79. The SMILES string of the molecule is Cc1cccc(CCn2c(CCl)nc3c(C)ccnc32)c1. The molecule has 0 unspecified atom stereocenters. The van der Waals surface area contributed by atoms with E-state index < -0.39 is 0 Å². The quantitative estimate of drug-likeness (QED) is 0.681. The highest BCUT2D eigenvalue weighted by Crippen LogP contribution is 2.19. The van der Waals surface area contributed by atoms with Crippen LogP contribution in [0.25, 0.3) is 11.2 Å². The fourth-order valence-electron chi connectivity index (χ4n) is 2.63. The van der Waals surface area contributed by atoms with Crippen molar-refractivity contribution in [3.63, 3.8) is 0 Å². The van der Waals surface area contributed by atoms with Crippen molar-refractivity contribution >= 4 is 22.8 Å². The normalized spacial score (nSPS) is 11.2. The molecule has 0 spiro atoms. The van der Waals surface area contributed by atoms with Crippen molar-refractivity contribution in [3.05, 3.63) is 59.0 Å². The minimum Gasteiger partial charge on any atom is -0.311 e. The zero-order chi connectivity index (χ0) is 14.8. The first-order valence-electron chi connectivity index (χ1n) is 7.11. The van der Waals surface area contributed by atoms with Crippen LogP contribution < -0.4 is 0 Å². The summed E-state index contributed by atoms with van der Waals surface area (Å²) in [4.78, 5) is 9.11. The standard InChI is InChI=1S/C17H18ClN3/c1-12-4-3-5-14(10-12)7-9-21-15(11-18)20-16-13(2)6-8-19-17(16)21/h3-6,8,10H,7,9,11H2,1-2H3. The summed E-state index contributed by atoms with van der Waals surface area (Å²) >= 11 is 6.05. The Hall–Kier alpha value is -1.87. The van der Waals surface area contributed by atoms with Gasteiger partial charge in [0.1, 0.15) is 11.3 Å². The lowest BCUT2D eigenvalue weighted by Crippen LogP contribution is -2.06. The second-order valence-corrected chi connectivity index (χ2v) is 5.62. The second kappa shape index (κ2) is 5.86. The van der Waals surface area contributed by atoms with Crippen molar-refractivity contribution in [1.82, 2.24) is 14.5 Å². The third-order valence-electron chi connectivity index (χ3n) is 3.74. The molecule has 2 heterocycles. The molecule has 0 N–H and O–H groups in total. The Morgan fingerprint density at radius 2 is 2.05 bits per heavy atom. The lowest BCUT2D eigenvalue weighted by atomic mass is 10.1. The zero-order valence-corrected chi connectivity index (χ0v) is 13.1. The molecule has 0 aliphatic carbocycles. The number of halogens is 1. The van der Waals surface area contributed by atoms with Gasteiger partial charge in [-0.3, -0.25) is 0 Å². The van der Waals surface area contributed by atoms with Gasteiger partial charge in [-0.25, -0.2) is 9.97 Å². The van der Waals surface area contributed by atoms with E-state index in [4.69, 9.17) is 11.6 Å². The van der Waals surface area contributed by atoms with Crippen molar-refractivity contribution in [2.75, 3.05) is 0 Å². The van der Waals surface area contributed by atoms with Gasteiger partial charge in [0, 0.05) is 12.7 Å². The number of aryl methyl sites for hydroxylation is 4. The van der Waals surface area contributed by atoms with Crippen LogP contribution in [0.3, 0.4) is 0 Å². The van der Waals surface area contributed by atoms with Gasteiger partial charge in [-0.05, 0) is 37.5 Å². The van der Waals surface area contributed by atoms with E-state index in [0.717, 1.165) is 35.5 Å². The third-order valence-corrected chi connectivity index (χ3v) is 3.98. The Balaban J connectivity index is 1.94. The number of imidazole rings is 1. The molecule has 0 saturated carbocycles. The lowest BCUT2D eigenvalue weighted by molar-refractivity contribution is 0.682. The zero-order valence-electron chi connectivity index (χ0n) is 12.3. The van der Waals surface area contributed by atoms with Crippen LogP contribution in [-0.2, 0) is 18.8 Å². The summed E-state index contributed by atoms with van der Waals surface area (Å²) in [6, 6.07) is 10.6. The molecule has 0 saturated heterocycles. The average molecular weight is 300 g/mol. The number of pyridine rings is 1. The first-order chi connectivity index (χ1) is 10.2. The van der Waals surface area contributed by atoms with E-state index in [9.17, 15) is 0 Å². The number of rotatable bonds is 4. The Bertz CT molecular complexity index is 777. The summed E-state index contributed by atoms with van der Waals surface area (Å²) in [6.45, 7) is 5.02. The summed E-state index contributed by atoms with van der Waals surface area (Å²) in [7, 11) is 0. The fourth-order valence-corrected chi connectivity index (χ4v) is 2.83. The highest BCUT2D eigenvalue weighted by atomic mass is 35.5. The van der Waals surface area contributed by atoms with E-state index in [2.05, 4.69) is 52.6 Å². The summed E-state index contributed by atoms with van der Waals surface area (Å²) in [5.74, 6) is 1.30.